The molecule has 2 saturated heterocycles. The smallest absolute Gasteiger partial charge is 0.340 e. The molecular weight excluding hydrogens is 1540 g/mol. The second-order valence-electron chi connectivity index (χ2n) is 24.3. The average molecular weight is 1620 g/mol. The van der Waals surface area contributed by atoms with E-state index in [1.807, 2.05) is 0 Å². The zero-order chi connectivity index (χ0) is 79.3. The van der Waals surface area contributed by atoms with Gasteiger partial charge in [0.2, 0.25) is 24.4 Å². The SMILES string of the molecule is CCC[CH2][Sn+2][CH2]CCC.O=C([O-])/C=C\C(=O)N[C@H]1[C@H](OC(=O)c2ccccc2)O[C@H](COC(=O)c2ccccc2)[C@@H](OC(=O)c2ccccc2)[C@@H]1OC(=O)c1ccccc1.O=C([O-])/C=C\C(=O)N[C@H]1[C@H](OC(=O)c2ccccc2)O[C@H](COC(=O)c2ccccc2)[C@@H](OC(=O)c2ccccc2)[C@@H]1OC(=O)c1ccccc1. The third-order valence-corrected chi connectivity index (χ3v) is 20.4. The number of aliphatic carboxylic acids is 2. The summed E-state index contributed by atoms with van der Waals surface area (Å²) in [4.78, 5) is 155. The Hall–Kier alpha value is -12.4. The first kappa shape index (κ1) is 84.2. The van der Waals surface area contributed by atoms with Crippen LogP contribution in [-0.4, -0.2) is 167 Å². The number of benzene rings is 8. The number of carboxylic acids is 2. The number of unbranched alkanes of at least 4 members (excludes halogenated alkanes) is 2. The molecule has 10 atom stereocenters. The van der Waals surface area contributed by atoms with Gasteiger partial charge in [-0.2, -0.15) is 0 Å². The minimum absolute atomic E-state index is 0.0731. The number of carboxylic acid groups (broad SMARTS) is 2. The maximum absolute atomic E-state index is 13.6. The number of amides is 2. The summed E-state index contributed by atoms with van der Waals surface area (Å²) in [7, 11) is 0. The van der Waals surface area contributed by atoms with Gasteiger partial charge in [0, 0.05) is 12.2 Å². The zero-order valence-electron chi connectivity index (χ0n) is 60.1. The molecule has 2 amide bonds. The van der Waals surface area contributed by atoms with Gasteiger partial charge in [0.25, 0.3) is 0 Å². The molecule has 2 fully saturated rings. The second kappa shape index (κ2) is 44.8. The minimum atomic E-state index is -1.78. The van der Waals surface area contributed by atoms with Gasteiger partial charge in [-0.25, -0.2) is 38.4 Å². The third kappa shape index (κ3) is 27.0. The van der Waals surface area contributed by atoms with Gasteiger partial charge in [-0.3, -0.25) is 9.59 Å². The van der Waals surface area contributed by atoms with Crippen molar-refractivity contribution in [3.05, 3.63) is 311 Å². The maximum atomic E-state index is 13.6. The quantitative estimate of drug-likeness (QED) is 0.0140. The van der Waals surface area contributed by atoms with Gasteiger partial charge < -0.3 is 77.8 Å². The van der Waals surface area contributed by atoms with E-state index >= 15 is 0 Å². The Balaban J connectivity index is 0.000000251. The fraction of sp³-hybridized carbons (Fsp3) is 0.238. The number of esters is 8. The van der Waals surface area contributed by atoms with E-state index in [4.69, 9.17) is 47.4 Å². The van der Waals surface area contributed by atoms with Crippen LogP contribution in [0.25, 0.3) is 0 Å². The molecule has 0 unspecified atom stereocenters. The molecule has 8 aromatic rings. The standard InChI is InChI=1S/2C38H31NO12.2C4H9.Sn/c2*40-29(21-22-30(41)42)39-31-33(50-36(45)26-17-9-3-10-18-26)32(49-35(44)25-15-7-2-8-16-25)28(23-47-34(43)24-13-5-1-6-14-24)48-38(31)51-37(46)27-19-11-4-12-20-27;2*1-3-4-2;/h2*1-22,28,31-33,38H,23H2,(H,39,40)(H,41,42);2*1,3-4H2,2H3;/q;;;;+2/p-2/b2*22-21-;;;/t2*28-,31-,32-,33-,38+;;;/m11.../s1. The Kier molecular flexibility index (Phi) is 34.0. The van der Waals surface area contributed by atoms with Crippen LogP contribution in [-0.2, 0) is 66.5 Å². The predicted octanol–water partition coefficient (Wildman–Crippen LogP) is 8.46. The molecule has 26 nitrogen and oxygen atoms in total. The Morgan fingerprint density at radius 1 is 0.324 bits per heavy atom. The monoisotopic (exact) mass is 1620 g/mol. The molecule has 27 heteroatoms. The van der Waals surface area contributed by atoms with E-state index in [0.717, 1.165) is 0 Å². The van der Waals surface area contributed by atoms with E-state index in [0.29, 0.717) is 24.3 Å². The summed E-state index contributed by atoms with van der Waals surface area (Å²) in [5, 5.41) is 27.0. The van der Waals surface area contributed by atoms with E-state index in [1.165, 1.54) is 123 Å². The molecule has 2 aliphatic rings. The molecule has 10 rings (SSSR count). The molecule has 2 N–H and O–H groups in total. The molecule has 0 aromatic heterocycles. The van der Waals surface area contributed by atoms with Crippen LogP contribution in [0.1, 0.15) is 122 Å². The van der Waals surface area contributed by atoms with E-state index in [9.17, 15) is 67.7 Å². The van der Waals surface area contributed by atoms with Crippen molar-refractivity contribution in [3.63, 3.8) is 0 Å². The number of carbonyl (C=O) groups is 12. The van der Waals surface area contributed by atoms with Crippen LogP contribution < -0.4 is 20.8 Å². The summed E-state index contributed by atoms with van der Waals surface area (Å²) in [5.41, 5.74) is 0.899. The molecule has 0 spiro atoms. The fourth-order valence-corrected chi connectivity index (χ4v) is 14.9. The molecular formula is C84H78N2O24Sn. The van der Waals surface area contributed by atoms with Crippen LogP contribution in [0, 0.1) is 0 Å². The van der Waals surface area contributed by atoms with Gasteiger partial charge in [-0.1, -0.05) is 146 Å². The summed E-state index contributed by atoms with van der Waals surface area (Å²) >= 11 is 0.149. The van der Waals surface area contributed by atoms with Gasteiger partial charge in [0.05, 0.1) is 56.4 Å². The molecule has 0 saturated carbocycles. The van der Waals surface area contributed by atoms with Crippen LogP contribution in [0.2, 0.25) is 8.87 Å². The number of nitrogens with one attached hydrogen (secondary N) is 2. The van der Waals surface area contributed by atoms with E-state index in [2.05, 4.69) is 24.5 Å². The second-order valence-corrected chi connectivity index (χ2v) is 28.6. The Bertz CT molecular complexity index is 4150. The van der Waals surface area contributed by atoms with E-state index in [-0.39, 0.29) is 65.6 Å². The van der Waals surface area contributed by atoms with Crippen LogP contribution in [0.15, 0.2) is 267 Å². The molecule has 0 aliphatic carbocycles. The zero-order valence-corrected chi connectivity index (χ0v) is 63.0. The van der Waals surface area contributed by atoms with Crippen molar-refractivity contribution in [2.75, 3.05) is 13.2 Å². The molecule has 2 aliphatic heterocycles. The molecule has 0 bridgehead atoms. The third-order valence-electron chi connectivity index (χ3n) is 16.3. The van der Waals surface area contributed by atoms with E-state index < -0.39 is 146 Å². The van der Waals surface area contributed by atoms with Gasteiger partial charge in [-0.05, 0) is 109 Å². The average Bonchev–Trinajstić information content (AvgIpc) is 0.780. The van der Waals surface area contributed by atoms with Crippen molar-refractivity contribution in [1.82, 2.24) is 10.6 Å². The number of hydrogen-bond acceptors (Lipinski definition) is 24. The fourth-order valence-electron chi connectivity index (χ4n) is 10.8. The van der Waals surface area contributed by atoms with Crippen molar-refractivity contribution in [2.24, 2.45) is 0 Å². The molecule has 8 aromatic carbocycles. The maximum Gasteiger partial charge on any atom is 0.340 e. The first-order chi connectivity index (χ1) is 53.8. The summed E-state index contributed by atoms with van der Waals surface area (Å²) in [6.07, 6.45) is -5.09. The molecule has 2 heterocycles. The van der Waals surface area contributed by atoms with E-state index in [1.54, 1.807) is 154 Å². The van der Waals surface area contributed by atoms with Crippen molar-refractivity contribution in [3.8, 4) is 0 Å². The summed E-state index contributed by atoms with van der Waals surface area (Å²) in [6.45, 7) is 3.37. The number of hydrogen-bond donors (Lipinski definition) is 2. The summed E-state index contributed by atoms with van der Waals surface area (Å²) in [5.74, 6) is -12.5. The van der Waals surface area contributed by atoms with Crippen LogP contribution in [0.5, 0.6) is 0 Å². The Morgan fingerprint density at radius 3 is 0.784 bits per heavy atom. The number of ether oxygens (including phenoxy) is 10. The van der Waals surface area contributed by atoms with Gasteiger partial charge in [-0.15, -0.1) is 0 Å². The van der Waals surface area contributed by atoms with Crippen molar-refractivity contribution < 1.29 is 115 Å². The van der Waals surface area contributed by atoms with Crippen molar-refractivity contribution >= 4 is 92.6 Å². The Labute approximate surface area is 649 Å². The minimum Gasteiger partial charge on any atom is -0.545 e. The first-order valence-electron chi connectivity index (χ1n) is 35.2. The van der Waals surface area contributed by atoms with Gasteiger partial charge in [0.15, 0.2) is 24.4 Å². The topological polar surface area (TPSA) is 367 Å². The van der Waals surface area contributed by atoms with Crippen molar-refractivity contribution in [2.45, 2.75) is 110 Å². The molecule has 572 valence electrons. The normalized spacial score (nSPS) is 18.8. The predicted molar refractivity (Wildman–Crippen MR) is 394 cm³/mol. The van der Waals surface area contributed by atoms with Crippen LogP contribution in [0.3, 0.4) is 0 Å². The number of carbonyl (C=O) groups excluding carboxylic acids is 12. The first-order valence-corrected chi connectivity index (χ1v) is 39.3. The summed E-state index contributed by atoms with van der Waals surface area (Å²) < 4.78 is 61.5. The Morgan fingerprint density at radius 2 is 0.550 bits per heavy atom. The molecule has 0 radical (unpaired) electrons. The van der Waals surface area contributed by atoms with Crippen LogP contribution in [0.4, 0.5) is 0 Å². The van der Waals surface area contributed by atoms with Crippen molar-refractivity contribution in [1.29, 1.82) is 0 Å². The van der Waals surface area contributed by atoms with Gasteiger partial charge in [0.1, 0.15) is 37.5 Å². The van der Waals surface area contributed by atoms with Gasteiger partial charge >= 0.3 is 117 Å². The largest absolute Gasteiger partial charge is 0.545 e. The summed E-state index contributed by atoms with van der Waals surface area (Å²) in [6, 6.07) is 59.2. The number of rotatable bonds is 30. The molecule has 111 heavy (non-hydrogen) atoms. The van der Waals surface area contributed by atoms with Crippen LogP contribution >= 0.6 is 0 Å².